The molecule has 2 aromatic rings. The largest absolute Gasteiger partial charge is 0.491 e. The summed E-state index contributed by atoms with van der Waals surface area (Å²) in [6, 6.07) is 10.9. The molecule has 0 aromatic heterocycles. The van der Waals surface area contributed by atoms with Gasteiger partial charge in [0.1, 0.15) is 17.3 Å². The third kappa shape index (κ3) is 3.85. The SMILES string of the molecule is CCOc1cc(C(=O)NC(=N)c2cccc3c2CCC3N2CCCC2)ccc1N=O. The molecule has 1 aliphatic carbocycles. The van der Waals surface area contributed by atoms with E-state index >= 15 is 0 Å². The summed E-state index contributed by atoms with van der Waals surface area (Å²) in [7, 11) is 0. The van der Waals surface area contributed by atoms with Gasteiger partial charge in [-0.3, -0.25) is 15.1 Å². The molecule has 1 fully saturated rings. The van der Waals surface area contributed by atoms with Gasteiger partial charge in [0.2, 0.25) is 0 Å². The zero-order valence-electron chi connectivity index (χ0n) is 17.1. The highest BCUT2D eigenvalue weighted by atomic mass is 16.5. The molecule has 1 aliphatic heterocycles. The van der Waals surface area contributed by atoms with Crippen LogP contribution >= 0.6 is 0 Å². The number of nitrogens with zero attached hydrogens (tertiary/aromatic N) is 2. The van der Waals surface area contributed by atoms with E-state index in [-0.39, 0.29) is 17.3 Å². The van der Waals surface area contributed by atoms with E-state index in [1.165, 1.54) is 36.6 Å². The predicted octanol–water partition coefficient (Wildman–Crippen LogP) is 4.32. The van der Waals surface area contributed by atoms with Crippen LogP contribution in [0.1, 0.15) is 59.3 Å². The van der Waals surface area contributed by atoms with Gasteiger partial charge in [-0.05, 0) is 80.2 Å². The van der Waals surface area contributed by atoms with E-state index in [0.717, 1.165) is 37.1 Å². The molecule has 0 radical (unpaired) electrons. The van der Waals surface area contributed by atoms with Crippen LogP contribution in [0, 0.1) is 10.3 Å². The van der Waals surface area contributed by atoms with Gasteiger partial charge in [0.25, 0.3) is 5.91 Å². The third-order valence-electron chi connectivity index (χ3n) is 5.95. The summed E-state index contributed by atoms with van der Waals surface area (Å²) in [5.41, 5.74) is 3.69. The van der Waals surface area contributed by atoms with Gasteiger partial charge in [-0.2, -0.15) is 0 Å². The van der Waals surface area contributed by atoms with Gasteiger partial charge >= 0.3 is 0 Å². The maximum absolute atomic E-state index is 12.7. The summed E-state index contributed by atoms with van der Waals surface area (Å²) in [4.78, 5) is 26.2. The smallest absolute Gasteiger partial charge is 0.256 e. The zero-order valence-corrected chi connectivity index (χ0v) is 17.1. The van der Waals surface area contributed by atoms with Gasteiger partial charge in [0.15, 0.2) is 0 Å². The van der Waals surface area contributed by atoms with E-state index < -0.39 is 5.91 Å². The molecule has 156 valence electrons. The second-order valence-electron chi connectivity index (χ2n) is 7.71. The highest BCUT2D eigenvalue weighted by molar-refractivity contribution is 6.12. The summed E-state index contributed by atoms with van der Waals surface area (Å²) in [6.07, 6.45) is 4.48. The molecule has 30 heavy (non-hydrogen) atoms. The van der Waals surface area contributed by atoms with Crippen LogP contribution in [-0.4, -0.2) is 36.3 Å². The van der Waals surface area contributed by atoms with Crippen molar-refractivity contribution < 1.29 is 9.53 Å². The lowest BCUT2D eigenvalue weighted by Gasteiger charge is -2.24. The molecule has 7 heteroatoms. The number of nitroso groups, excluding NO2 is 1. The summed E-state index contributed by atoms with van der Waals surface area (Å²) in [5.74, 6) is -0.0553. The van der Waals surface area contributed by atoms with Gasteiger partial charge in [-0.15, -0.1) is 4.91 Å². The van der Waals surface area contributed by atoms with E-state index in [1.54, 1.807) is 6.92 Å². The monoisotopic (exact) mass is 406 g/mol. The Kier molecular flexibility index (Phi) is 5.90. The van der Waals surface area contributed by atoms with Crippen molar-refractivity contribution in [1.82, 2.24) is 10.2 Å². The first-order valence-electron chi connectivity index (χ1n) is 10.5. The van der Waals surface area contributed by atoms with Crippen molar-refractivity contribution >= 4 is 17.4 Å². The molecule has 2 aliphatic rings. The van der Waals surface area contributed by atoms with E-state index in [4.69, 9.17) is 10.1 Å². The molecule has 0 bridgehead atoms. The van der Waals surface area contributed by atoms with E-state index in [2.05, 4.69) is 21.5 Å². The van der Waals surface area contributed by atoms with Gasteiger partial charge in [-0.25, -0.2) is 0 Å². The minimum atomic E-state index is -0.412. The van der Waals surface area contributed by atoms with Crippen LogP contribution in [0.5, 0.6) is 5.75 Å². The Hall–Kier alpha value is -3.06. The van der Waals surface area contributed by atoms with Crippen LogP contribution in [0.3, 0.4) is 0 Å². The number of hydrogen-bond donors (Lipinski definition) is 2. The Balaban J connectivity index is 1.53. The lowest BCUT2D eigenvalue weighted by Crippen LogP contribution is -2.31. The maximum atomic E-state index is 12.7. The van der Waals surface area contributed by atoms with Crippen LogP contribution < -0.4 is 10.1 Å². The van der Waals surface area contributed by atoms with Crippen molar-refractivity contribution in [2.45, 2.75) is 38.6 Å². The average Bonchev–Trinajstić information content (AvgIpc) is 3.43. The fraction of sp³-hybridized carbons (Fsp3) is 0.391. The van der Waals surface area contributed by atoms with Crippen molar-refractivity contribution in [1.29, 1.82) is 5.41 Å². The number of benzene rings is 2. The molecule has 1 amide bonds. The van der Waals surface area contributed by atoms with Gasteiger partial charge < -0.3 is 10.1 Å². The van der Waals surface area contributed by atoms with Crippen molar-refractivity contribution in [2.24, 2.45) is 5.18 Å². The van der Waals surface area contributed by atoms with Crippen LogP contribution in [0.4, 0.5) is 5.69 Å². The zero-order chi connectivity index (χ0) is 21.1. The number of carbonyl (C=O) groups excluding carboxylic acids is 1. The molecule has 0 spiro atoms. The van der Waals surface area contributed by atoms with Crippen molar-refractivity contribution in [3.63, 3.8) is 0 Å². The molecule has 4 rings (SSSR count). The van der Waals surface area contributed by atoms with Gasteiger partial charge in [0, 0.05) is 17.2 Å². The van der Waals surface area contributed by atoms with Gasteiger partial charge in [-0.1, -0.05) is 18.2 Å². The molecular weight excluding hydrogens is 380 g/mol. The quantitative estimate of drug-likeness (QED) is 0.424. The average molecular weight is 406 g/mol. The van der Waals surface area contributed by atoms with E-state index in [0.29, 0.717) is 18.2 Å². The summed E-state index contributed by atoms with van der Waals surface area (Å²) >= 11 is 0. The van der Waals surface area contributed by atoms with Crippen molar-refractivity contribution in [3.05, 3.63) is 63.6 Å². The lowest BCUT2D eigenvalue weighted by molar-refractivity contribution is 0.0976. The van der Waals surface area contributed by atoms with Gasteiger partial charge in [0.05, 0.1) is 6.61 Å². The molecule has 2 N–H and O–H groups in total. The molecular formula is C23H26N4O3. The first-order valence-corrected chi connectivity index (χ1v) is 10.5. The molecule has 7 nitrogen and oxygen atoms in total. The topological polar surface area (TPSA) is 94.8 Å². The normalized spacial score (nSPS) is 18.1. The number of ether oxygens (including phenoxy) is 1. The number of likely N-dealkylation sites (tertiary alicyclic amines) is 1. The Morgan fingerprint density at radius 2 is 2.07 bits per heavy atom. The minimum Gasteiger partial charge on any atom is -0.491 e. The Morgan fingerprint density at radius 1 is 1.27 bits per heavy atom. The summed E-state index contributed by atoms with van der Waals surface area (Å²) < 4.78 is 5.40. The van der Waals surface area contributed by atoms with Crippen LogP contribution in [0.15, 0.2) is 41.6 Å². The first kappa shape index (κ1) is 20.2. The fourth-order valence-corrected chi connectivity index (χ4v) is 4.55. The number of amides is 1. The first-order chi connectivity index (χ1) is 14.6. The number of fused-ring (bicyclic) bond motifs is 1. The number of hydrogen-bond acceptors (Lipinski definition) is 6. The molecule has 1 saturated heterocycles. The van der Waals surface area contributed by atoms with Crippen molar-refractivity contribution in [3.8, 4) is 5.75 Å². The minimum absolute atomic E-state index is 0.0921. The number of nitrogens with one attached hydrogen (secondary N) is 2. The summed E-state index contributed by atoms with van der Waals surface area (Å²) in [6.45, 7) is 4.42. The molecule has 2 aromatic carbocycles. The standard InChI is InChI=1S/C23H26N4O3/c1-2-30-21-14-15(8-10-19(21)26-29)23(28)25-22(24)18-7-5-6-17-16(18)9-11-20(17)27-12-3-4-13-27/h5-8,10,14,20H,2-4,9,11-13H2,1H3,(H2,24,25,28). The van der Waals surface area contributed by atoms with Crippen LogP contribution in [-0.2, 0) is 6.42 Å². The number of amidine groups is 1. The number of carbonyl (C=O) groups is 1. The molecule has 1 atom stereocenters. The lowest BCUT2D eigenvalue weighted by atomic mass is 10.0. The van der Waals surface area contributed by atoms with Crippen molar-refractivity contribution in [2.75, 3.05) is 19.7 Å². The fourth-order valence-electron chi connectivity index (χ4n) is 4.55. The highest BCUT2D eigenvalue weighted by Gasteiger charge is 2.31. The third-order valence-corrected chi connectivity index (χ3v) is 5.95. The molecule has 1 heterocycles. The second-order valence-corrected chi connectivity index (χ2v) is 7.71. The Labute approximate surface area is 175 Å². The second kappa shape index (κ2) is 8.75. The Morgan fingerprint density at radius 3 is 2.80 bits per heavy atom. The Bertz CT molecular complexity index is 982. The van der Waals surface area contributed by atoms with E-state index in [9.17, 15) is 9.70 Å². The predicted molar refractivity (Wildman–Crippen MR) is 116 cm³/mol. The maximum Gasteiger partial charge on any atom is 0.256 e. The molecule has 1 unspecified atom stereocenters. The highest BCUT2D eigenvalue weighted by Crippen LogP contribution is 2.39. The molecule has 0 saturated carbocycles. The van der Waals surface area contributed by atoms with E-state index in [1.807, 2.05) is 12.1 Å². The summed E-state index contributed by atoms with van der Waals surface area (Å²) in [5, 5.41) is 14.1. The van der Waals surface area contributed by atoms with Crippen LogP contribution in [0.25, 0.3) is 0 Å². The number of rotatable bonds is 6. The van der Waals surface area contributed by atoms with Crippen LogP contribution in [0.2, 0.25) is 0 Å².